The molecule has 3 rings (SSSR count). The molecule has 1 saturated carbocycles. The van der Waals surface area contributed by atoms with Crippen LogP contribution in [0.5, 0.6) is 0 Å². The third kappa shape index (κ3) is 4.21. The van der Waals surface area contributed by atoms with Gasteiger partial charge in [-0.2, -0.15) is 0 Å². The lowest BCUT2D eigenvalue weighted by atomic mass is 9.98. The van der Waals surface area contributed by atoms with Crippen LogP contribution in [0.25, 0.3) is 0 Å². The summed E-state index contributed by atoms with van der Waals surface area (Å²) in [4.78, 5) is 21.8. The van der Waals surface area contributed by atoms with Crippen LogP contribution in [0.15, 0.2) is 24.3 Å². The highest BCUT2D eigenvalue weighted by Gasteiger charge is 2.18. The number of aromatic nitrogens is 2. The number of nitrogens with zero attached hydrogens (tertiary/aromatic N) is 2. The van der Waals surface area contributed by atoms with E-state index < -0.39 is 0 Å². The minimum Gasteiger partial charge on any atom is -0.351 e. The second-order valence-corrected chi connectivity index (χ2v) is 7.49. The van der Waals surface area contributed by atoms with Gasteiger partial charge >= 0.3 is 0 Å². The molecule has 1 aliphatic carbocycles. The Morgan fingerprint density at radius 1 is 1.15 bits per heavy atom. The molecule has 1 aromatic carbocycles. The van der Waals surface area contributed by atoms with E-state index in [4.69, 9.17) is 0 Å². The molecule has 138 valence electrons. The number of nitrogens with one attached hydrogen (secondary N) is 2. The number of hydrogen-bond donors (Lipinski definition) is 2. The molecule has 1 aliphatic rings. The van der Waals surface area contributed by atoms with Gasteiger partial charge in [0.1, 0.15) is 5.69 Å². The number of hydrogen-bond acceptors (Lipinski definition) is 4. The third-order valence-corrected chi connectivity index (χ3v) is 4.94. The van der Waals surface area contributed by atoms with Crippen molar-refractivity contribution < 1.29 is 4.79 Å². The van der Waals surface area contributed by atoms with E-state index in [9.17, 15) is 4.79 Å². The molecule has 0 bridgehead atoms. The third-order valence-electron chi connectivity index (χ3n) is 4.94. The van der Waals surface area contributed by atoms with Gasteiger partial charge in [0, 0.05) is 17.4 Å². The first-order valence-corrected chi connectivity index (χ1v) is 9.47. The molecule has 1 heterocycles. The zero-order valence-corrected chi connectivity index (χ0v) is 16.1. The van der Waals surface area contributed by atoms with Crippen molar-refractivity contribution in [2.24, 2.45) is 0 Å². The summed E-state index contributed by atoms with van der Waals surface area (Å²) in [5, 5.41) is 6.45. The standard InChI is InChI=1S/C21H28N4O/c1-13(2)17-11-7-8-14(3)19(17)25-20(26)18-12-15(4)22-21(24-18)23-16-9-5-6-10-16/h7-8,11-13,16H,5-6,9-10H2,1-4H3,(H,25,26)(H,22,23,24). The zero-order chi connectivity index (χ0) is 18.7. The molecule has 1 aromatic heterocycles. The van der Waals surface area contributed by atoms with Gasteiger partial charge in [-0.05, 0) is 49.8 Å². The summed E-state index contributed by atoms with van der Waals surface area (Å²) in [5.41, 5.74) is 4.26. The number of aryl methyl sites for hydroxylation is 2. The van der Waals surface area contributed by atoms with E-state index >= 15 is 0 Å². The minimum absolute atomic E-state index is 0.193. The Kier molecular flexibility index (Phi) is 5.55. The molecule has 1 fully saturated rings. The largest absolute Gasteiger partial charge is 0.351 e. The predicted molar refractivity (Wildman–Crippen MR) is 106 cm³/mol. The second-order valence-electron chi connectivity index (χ2n) is 7.49. The smallest absolute Gasteiger partial charge is 0.274 e. The molecule has 26 heavy (non-hydrogen) atoms. The lowest BCUT2D eigenvalue weighted by molar-refractivity contribution is 0.102. The van der Waals surface area contributed by atoms with Gasteiger partial charge in [0.15, 0.2) is 0 Å². The van der Waals surface area contributed by atoms with Gasteiger partial charge in [-0.25, -0.2) is 9.97 Å². The van der Waals surface area contributed by atoms with Crippen LogP contribution in [0.2, 0.25) is 0 Å². The summed E-state index contributed by atoms with van der Waals surface area (Å²) >= 11 is 0. The Morgan fingerprint density at radius 3 is 2.58 bits per heavy atom. The maximum atomic E-state index is 12.9. The van der Waals surface area contributed by atoms with Crippen molar-refractivity contribution in [3.63, 3.8) is 0 Å². The maximum absolute atomic E-state index is 12.9. The molecule has 5 nitrogen and oxygen atoms in total. The Hall–Kier alpha value is -2.43. The summed E-state index contributed by atoms with van der Waals surface area (Å²) < 4.78 is 0. The lowest BCUT2D eigenvalue weighted by Gasteiger charge is -2.17. The van der Waals surface area contributed by atoms with Crippen LogP contribution >= 0.6 is 0 Å². The fourth-order valence-corrected chi connectivity index (χ4v) is 3.52. The van der Waals surface area contributed by atoms with Crippen molar-refractivity contribution >= 4 is 17.5 Å². The first-order valence-electron chi connectivity index (χ1n) is 9.47. The van der Waals surface area contributed by atoms with Crippen molar-refractivity contribution in [1.82, 2.24) is 9.97 Å². The minimum atomic E-state index is -0.193. The number of benzene rings is 1. The lowest BCUT2D eigenvalue weighted by Crippen LogP contribution is -2.21. The zero-order valence-electron chi connectivity index (χ0n) is 16.1. The Balaban J connectivity index is 1.83. The number of amides is 1. The highest BCUT2D eigenvalue weighted by Crippen LogP contribution is 2.28. The van der Waals surface area contributed by atoms with Crippen molar-refractivity contribution in [2.45, 2.75) is 65.3 Å². The SMILES string of the molecule is Cc1cc(C(=O)Nc2c(C)cccc2C(C)C)nc(NC2CCCC2)n1. The fraction of sp³-hybridized carbons (Fsp3) is 0.476. The molecule has 2 aromatic rings. The van der Waals surface area contributed by atoms with E-state index in [1.165, 1.54) is 12.8 Å². The van der Waals surface area contributed by atoms with E-state index in [1.807, 2.05) is 26.0 Å². The van der Waals surface area contributed by atoms with E-state index in [0.717, 1.165) is 35.3 Å². The van der Waals surface area contributed by atoms with Gasteiger partial charge in [-0.15, -0.1) is 0 Å². The normalized spacial score (nSPS) is 14.7. The predicted octanol–water partition coefficient (Wildman–Crippen LogP) is 4.82. The average molecular weight is 352 g/mol. The number of para-hydroxylation sites is 1. The first-order chi connectivity index (χ1) is 12.4. The quantitative estimate of drug-likeness (QED) is 0.809. The molecule has 0 radical (unpaired) electrons. The van der Waals surface area contributed by atoms with Gasteiger partial charge in [0.2, 0.25) is 5.95 Å². The van der Waals surface area contributed by atoms with Gasteiger partial charge in [-0.1, -0.05) is 44.9 Å². The molecule has 0 spiro atoms. The van der Waals surface area contributed by atoms with Gasteiger partial charge in [0.05, 0.1) is 0 Å². The topological polar surface area (TPSA) is 66.9 Å². The van der Waals surface area contributed by atoms with Gasteiger partial charge < -0.3 is 10.6 Å². The summed E-state index contributed by atoms with van der Waals surface area (Å²) in [6.45, 7) is 8.16. The van der Waals surface area contributed by atoms with Crippen LogP contribution in [0.1, 0.15) is 72.8 Å². The molecule has 2 N–H and O–H groups in total. The van der Waals surface area contributed by atoms with Crippen molar-refractivity contribution in [2.75, 3.05) is 10.6 Å². The molecule has 5 heteroatoms. The van der Waals surface area contributed by atoms with Gasteiger partial charge in [0.25, 0.3) is 5.91 Å². The van der Waals surface area contributed by atoms with E-state index in [0.29, 0.717) is 23.6 Å². The van der Waals surface area contributed by atoms with Crippen molar-refractivity contribution in [3.8, 4) is 0 Å². The monoisotopic (exact) mass is 352 g/mol. The Bertz CT molecular complexity index is 795. The van der Waals surface area contributed by atoms with Crippen LogP contribution in [0.4, 0.5) is 11.6 Å². The maximum Gasteiger partial charge on any atom is 0.274 e. The van der Waals surface area contributed by atoms with E-state index in [1.54, 1.807) is 6.07 Å². The van der Waals surface area contributed by atoms with E-state index in [2.05, 4.69) is 40.5 Å². The van der Waals surface area contributed by atoms with Crippen molar-refractivity contribution in [3.05, 3.63) is 46.8 Å². The molecule has 0 aliphatic heterocycles. The number of anilines is 2. The summed E-state index contributed by atoms with van der Waals surface area (Å²) in [7, 11) is 0. The Labute approximate surface area is 155 Å². The number of carbonyl (C=O) groups excluding carboxylic acids is 1. The summed E-state index contributed by atoms with van der Waals surface area (Å²) in [6.07, 6.45) is 4.75. The van der Waals surface area contributed by atoms with Crippen LogP contribution in [0, 0.1) is 13.8 Å². The highest BCUT2D eigenvalue weighted by molar-refractivity contribution is 6.04. The average Bonchev–Trinajstić information content (AvgIpc) is 3.08. The molecular formula is C21H28N4O. The van der Waals surface area contributed by atoms with Gasteiger partial charge in [-0.3, -0.25) is 4.79 Å². The van der Waals surface area contributed by atoms with Crippen molar-refractivity contribution in [1.29, 1.82) is 0 Å². The fourth-order valence-electron chi connectivity index (χ4n) is 3.52. The molecule has 0 saturated heterocycles. The number of rotatable bonds is 5. The molecule has 0 unspecified atom stereocenters. The molecular weight excluding hydrogens is 324 g/mol. The highest BCUT2D eigenvalue weighted by atomic mass is 16.1. The molecule has 1 amide bonds. The number of carbonyl (C=O) groups is 1. The molecule has 0 atom stereocenters. The summed E-state index contributed by atoms with van der Waals surface area (Å²) in [5.74, 6) is 0.689. The van der Waals surface area contributed by atoms with Crippen LogP contribution in [-0.2, 0) is 0 Å². The van der Waals surface area contributed by atoms with E-state index in [-0.39, 0.29) is 5.91 Å². The van der Waals surface area contributed by atoms with Crippen LogP contribution in [0.3, 0.4) is 0 Å². The van der Waals surface area contributed by atoms with Crippen LogP contribution < -0.4 is 10.6 Å². The summed E-state index contributed by atoms with van der Waals surface area (Å²) in [6, 6.07) is 8.25. The Morgan fingerprint density at radius 2 is 1.88 bits per heavy atom. The first kappa shape index (κ1) is 18.4. The van der Waals surface area contributed by atoms with Crippen LogP contribution in [-0.4, -0.2) is 21.9 Å². The second kappa shape index (κ2) is 7.85.